The van der Waals surface area contributed by atoms with Crippen molar-refractivity contribution in [2.75, 3.05) is 19.6 Å². The van der Waals surface area contributed by atoms with Crippen molar-refractivity contribution in [3.05, 3.63) is 518 Å². The minimum absolute atomic E-state index is 0.569. The van der Waals surface area contributed by atoms with Gasteiger partial charge >= 0.3 is 0 Å². The van der Waals surface area contributed by atoms with Crippen molar-refractivity contribution < 1.29 is 4.42 Å². The first-order chi connectivity index (χ1) is 58.9. The van der Waals surface area contributed by atoms with Crippen molar-refractivity contribution in [1.82, 2.24) is 0 Å². The average molecular weight is 1520 g/mol. The summed E-state index contributed by atoms with van der Waals surface area (Å²) in [4.78, 5) is 9.45. The van der Waals surface area contributed by atoms with Gasteiger partial charge in [0, 0.05) is 79.0 Å². The number of hydrogen-bond acceptors (Lipinski definition) is 5. The quantitative estimate of drug-likeness (QED) is 0.0758. The van der Waals surface area contributed by atoms with Crippen LogP contribution in [-0.2, 0) is 10.8 Å². The second-order valence-corrected chi connectivity index (χ2v) is 30.8. The minimum Gasteiger partial charge on any atom is -0.456 e. The Kier molecular flexibility index (Phi) is 18.0. The number of rotatable bonds is 20. The maximum Gasteiger partial charge on any atom is 0.135 e. The van der Waals surface area contributed by atoms with E-state index < -0.39 is 10.8 Å². The largest absolute Gasteiger partial charge is 0.456 e. The average Bonchev–Trinajstić information content (AvgIpc) is 1.55. The molecule has 5 nitrogen and oxygen atoms in total. The zero-order chi connectivity index (χ0) is 79.4. The normalized spacial score (nSPS) is 14.2. The van der Waals surface area contributed by atoms with Gasteiger partial charge in [0.2, 0.25) is 0 Å². The molecule has 562 valence electrons. The predicted molar refractivity (Wildman–Crippen MR) is 498 cm³/mol. The molecule has 0 spiro atoms. The van der Waals surface area contributed by atoms with Crippen LogP contribution in [0.3, 0.4) is 0 Å². The van der Waals surface area contributed by atoms with Gasteiger partial charge in [-0.1, -0.05) is 316 Å². The summed E-state index contributed by atoms with van der Waals surface area (Å²) >= 11 is 0. The fourth-order valence-electron chi connectivity index (χ4n) is 18.8. The Hall–Kier alpha value is -15.6. The lowest BCUT2D eigenvalue weighted by molar-refractivity contribution is 0.669. The van der Waals surface area contributed by atoms with Gasteiger partial charge in [-0.3, -0.25) is 0 Å². The van der Waals surface area contributed by atoms with Crippen molar-refractivity contribution >= 4 is 102 Å². The number of anilines is 12. The van der Waals surface area contributed by atoms with Crippen molar-refractivity contribution in [1.29, 1.82) is 0 Å². The van der Waals surface area contributed by atoms with Crippen LogP contribution >= 0.6 is 0 Å². The molecule has 1 heterocycles. The molecule has 0 N–H and O–H groups in total. The summed E-state index contributed by atoms with van der Waals surface area (Å²) in [5.41, 5.74) is 34.6. The van der Waals surface area contributed by atoms with E-state index in [0.717, 1.165) is 124 Å². The molecule has 0 fully saturated rings. The predicted octanol–water partition coefficient (Wildman–Crippen LogP) is 30.8. The Morgan fingerprint density at radius 3 is 0.731 bits per heavy atom. The van der Waals surface area contributed by atoms with Crippen LogP contribution in [-0.4, -0.2) is 0 Å². The number of para-hydroxylation sites is 4. The van der Waals surface area contributed by atoms with Gasteiger partial charge in [0.05, 0.1) is 10.8 Å². The first-order valence-electron chi connectivity index (χ1n) is 40.7. The number of benzene rings is 18. The van der Waals surface area contributed by atoms with Crippen LogP contribution in [0.2, 0.25) is 0 Å². The van der Waals surface area contributed by atoms with Crippen LogP contribution in [0, 0.1) is 0 Å². The first-order valence-corrected chi connectivity index (χ1v) is 40.7. The molecule has 0 aliphatic heterocycles. The lowest BCUT2D eigenvalue weighted by Gasteiger charge is -2.35. The minimum atomic E-state index is -0.569. The molecule has 2 aliphatic rings. The van der Waals surface area contributed by atoms with E-state index in [2.05, 4.69) is 482 Å². The molecule has 0 amide bonds. The molecule has 119 heavy (non-hydrogen) atoms. The number of furan rings is 1. The second-order valence-electron chi connectivity index (χ2n) is 30.8. The molecule has 0 bridgehead atoms. The Labute approximate surface area is 694 Å². The van der Waals surface area contributed by atoms with Crippen LogP contribution in [0.1, 0.15) is 55.6 Å². The highest BCUT2D eigenvalue weighted by Gasteiger charge is 2.48. The highest BCUT2D eigenvalue weighted by molar-refractivity contribution is 6.08. The fraction of sp³-hybridized carbons (Fsp3) is 0.0175. The highest BCUT2D eigenvalue weighted by atomic mass is 16.3. The van der Waals surface area contributed by atoms with E-state index in [-0.39, 0.29) is 0 Å². The number of hydrogen-bond donors (Lipinski definition) is 0. The Morgan fingerprint density at radius 2 is 0.429 bits per heavy atom. The molecular weight excluding hydrogens is 1440 g/mol. The highest BCUT2D eigenvalue weighted by Crippen LogP contribution is 2.60. The van der Waals surface area contributed by atoms with Gasteiger partial charge in [-0.15, -0.1) is 0 Å². The number of nitrogens with zero attached hydrogens (tertiary/aromatic N) is 4. The monoisotopic (exact) mass is 1520 g/mol. The summed E-state index contributed by atoms with van der Waals surface area (Å²) in [6.07, 6.45) is 3.84. The van der Waals surface area contributed by atoms with Crippen molar-refractivity contribution in [2.24, 2.45) is 0 Å². The van der Waals surface area contributed by atoms with Gasteiger partial charge < -0.3 is 24.0 Å². The third-order valence-electron chi connectivity index (χ3n) is 24.3. The van der Waals surface area contributed by atoms with Crippen LogP contribution in [0.5, 0.6) is 0 Å². The van der Waals surface area contributed by atoms with Gasteiger partial charge in [0.15, 0.2) is 0 Å². The molecule has 2 aliphatic carbocycles. The van der Waals surface area contributed by atoms with E-state index in [0.29, 0.717) is 0 Å². The van der Waals surface area contributed by atoms with E-state index in [1.807, 2.05) is 12.2 Å². The van der Waals surface area contributed by atoms with E-state index in [1.165, 1.54) is 66.8 Å². The summed E-state index contributed by atoms with van der Waals surface area (Å²) in [6, 6.07) is 164. The fourth-order valence-corrected chi connectivity index (χ4v) is 18.8. The van der Waals surface area contributed by atoms with Crippen LogP contribution in [0.25, 0.3) is 78.6 Å². The van der Waals surface area contributed by atoms with Gasteiger partial charge in [-0.05, 0) is 258 Å². The number of fused-ring (bicyclic) bond motifs is 9. The third kappa shape index (κ3) is 12.3. The van der Waals surface area contributed by atoms with Gasteiger partial charge in [0.1, 0.15) is 11.2 Å². The smallest absolute Gasteiger partial charge is 0.135 e. The van der Waals surface area contributed by atoms with E-state index in [9.17, 15) is 0 Å². The molecular formula is C114H80N4O. The molecule has 1 aromatic heterocycles. The molecule has 2 unspecified atom stereocenters. The van der Waals surface area contributed by atoms with Crippen LogP contribution in [0.15, 0.2) is 466 Å². The van der Waals surface area contributed by atoms with Gasteiger partial charge in [-0.25, -0.2) is 0 Å². The van der Waals surface area contributed by atoms with Crippen molar-refractivity contribution in [2.45, 2.75) is 10.8 Å². The summed E-state index contributed by atoms with van der Waals surface area (Å²) in [5, 5.41) is 2.05. The summed E-state index contributed by atoms with van der Waals surface area (Å²) < 4.78 is 6.73. The molecule has 0 radical (unpaired) electrons. The second kappa shape index (κ2) is 30.0. The molecule has 18 aromatic carbocycles. The Balaban J connectivity index is 0.580. The molecule has 0 saturated carbocycles. The molecule has 19 aromatic rings. The SMILES string of the molecule is C=Cc1ccc(C2(c3ccccc3)c3ccccc3-c3ccc(N(c4ccccc4)c4ccc(-c5ccc(N(c6ccccc6)c6ccc7oc8ccc(N(c9ccccc9)c9ccc(-c%10ccc(N(c%11ccccc%11)c%11ccc%12c(c%11)C(c%11ccccc%11)(c%11ccc(C=C)cc%11)c%11ccccc%11-%12)cc%10)cc9)cc8c7c6)cc5)cc4)cc32)cc1. The maximum absolute atomic E-state index is 6.73. The topological polar surface area (TPSA) is 26.1 Å². The van der Waals surface area contributed by atoms with E-state index >= 15 is 0 Å². The van der Waals surface area contributed by atoms with Gasteiger partial charge in [-0.2, -0.15) is 0 Å². The zero-order valence-electron chi connectivity index (χ0n) is 65.5. The lowest BCUT2D eigenvalue weighted by Crippen LogP contribution is -2.28. The summed E-state index contributed by atoms with van der Waals surface area (Å²) in [7, 11) is 0. The van der Waals surface area contributed by atoms with E-state index in [4.69, 9.17) is 4.42 Å². The van der Waals surface area contributed by atoms with Gasteiger partial charge in [0.25, 0.3) is 0 Å². The van der Waals surface area contributed by atoms with Crippen LogP contribution in [0.4, 0.5) is 68.2 Å². The Morgan fingerprint density at radius 1 is 0.193 bits per heavy atom. The summed E-state index contributed by atoms with van der Waals surface area (Å²) in [5.74, 6) is 0. The van der Waals surface area contributed by atoms with Crippen molar-refractivity contribution in [3.63, 3.8) is 0 Å². The third-order valence-corrected chi connectivity index (χ3v) is 24.3. The molecule has 5 heteroatoms. The summed E-state index contributed by atoms with van der Waals surface area (Å²) in [6.45, 7) is 8.19. The van der Waals surface area contributed by atoms with Crippen LogP contribution < -0.4 is 19.6 Å². The standard InChI is InChI=1S/C114H80N4O/c1-3-79-43-55-87(56-44-79)113(85-27-11-5-12-28-85)107-41-25-23-39-101(107)103-71-67-99(77-109(103)113)117(91-35-19-9-20-36-91)95-63-51-83(52-64-95)81-47-59-93(60-48-81)115(89-31-15-7-16-32-89)97-69-73-111-105(75-97)106-76-98(70-74-112(106)119-111)116(90-33-17-8-18-34-90)94-61-49-82(50-62-94)84-53-65-96(66-54-84)118(92-37-21-10-22-38-92)100-68-72-104-102-40-24-26-42-108(102)114(110(104)78-100,86-29-13-6-14-30-86)88-57-45-80(4-2)46-58-88/h3-78H,1-2H2. The molecule has 0 saturated heterocycles. The maximum atomic E-state index is 6.73. The van der Waals surface area contributed by atoms with Crippen molar-refractivity contribution in [3.8, 4) is 44.5 Å². The first kappa shape index (κ1) is 71.2. The Bertz CT molecular complexity index is 6540. The molecule has 2 atom stereocenters. The molecule has 21 rings (SSSR count). The van der Waals surface area contributed by atoms with E-state index in [1.54, 1.807) is 0 Å². The zero-order valence-corrected chi connectivity index (χ0v) is 65.5. The lowest BCUT2D eigenvalue weighted by atomic mass is 9.67.